The lowest BCUT2D eigenvalue weighted by molar-refractivity contribution is -0.115. The van der Waals surface area contributed by atoms with Crippen LogP contribution in [0.3, 0.4) is 0 Å². The van der Waals surface area contributed by atoms with Crippen LogP contribution in [-0.2, 0) is 17.8 Å². The molecule has 0 fully saturated rings. The van der Waals surface area contributed by atoms with Gasteiger partial charge in [0.2, 0.25) is 5.91 Å². The van der Waals surface area contributed by atoms with Crippen molar-refractivity contribution in [3.63, 3.8) is 0 Å². The second-order valence-electron chi connectivity index (χ2n) is 7.72. The average Bonchev–Trinajstić information content (AvgIpc) is 3.45. The predicted octanol–water partition coefficient (Wildman–Crippen LogP) is 2.95. The molecule has 0 aliphatic carbocycles. The Labute approximate surface area is 192 Å². The number of fused-ring (bicyclic) bond motifs is 1. The van der Waals surface area contributed by atoms with Gasteiger partial charge < -0.3 is 19.1 Å². The van der Waals surface area contributed by atoms with Crippen LogP contribution in [0.25, 0.3) is 11.1 Å². The van der Waals surface area contributed by atoms with Gasteiger partial charge in [-0.15, -0.1) is 11.3 Å². The molecule has 11 heteroatoms. The zero-order valence-electron chi connectivity index (χ0n) is 18.4. The lowest BCUT2D eigenvalue weighted by Gasteiger charge is -2.10. The minimum absolute atomic E-state index is 0.0357. The number of furan rings is 1. The highest BCUT2D eigenvalue weighted by atomic mass is 32.1. The first-order chi connectivity index (χ1) is 15.8. The van der Waals surface area contributed by atoms with Gasteiger partial charge in [0, 0.05) is 24.2 Å². The molecule has 2 amide bonds. The number of amides is 2. The van der Waals surface area contributed by atoms with Crippen LogP contribution in [0.15, 0.2) is 49.5 Å². The SMILES string of the molecule is Cc1occc1C(=O)Nc1nc(CC(=O)Nc2ccc3oc(=O)n(CCN(C)C)c3c2)cs1. The van der Waals surface area contributed by atoms with Crippen molar-refractivity contribution >= 4 is 45.1 Å². The lowest BCUT2D eigenvalue weighted by Crippen LogP contribution is -2.23. The normalized spacial score (nSPS) is 11.3. The minimum Gasteiger partial charge on any atom is -0.469 e. The van der Waals surface area contributed by atoms with Crippen molar-refractivity contribution in [2.75, 3.05) is 31.3 Å². The van der Waals surface area contributed by atoms with E-state index in [0.717, 1.165) is 0 Å². The first-order valence-corrected chi connectivity index (χ1v) is 11.1. The van der Waals surface area contributed by atoms with Crippen LogP contribution < -0.4 is 16.4 Å². The third-order valence-corrected chi connectivity index (χ3v) is 5.75. The van der Waals surface area contributed by atoms with Crippen molar-refractivity contribution in [3.05, 3.63) is 63.5 Å². The van der Waals surface area contributed by atoms with Crippen molar-refractivity contribution < 1.29 is 18.4 Å². The van der Waals surface area contributed by atoms with Gasteiger partial charge in [-0.3, -0.25) is 19.5 Å². The molecule has 1 aromatic carbocycles. The fourth-order valence-corrected chi connectivity index (χ4v) is 3.96. The number of hydrogen-bond donors (Lipinski definition) is 2. The number of hydrogen-bond acceptors (Lipinski definition) is 8. The average molecular weight is 470 g/mol. The first-order valence-electron chi connectivity index (χ1n) is 10.2. The van der Waals surface area contributed by atoms with Crippen LogP contribution in [0.2, 0.25) is 0 Å². The van der Waals surface area contributed by atoms with E-state index in [1.807, 2.05) is 19.0 Å². The molecule has 0 radical (unpaired) electrons. The second kappa shape index (κ2) is 9.43. The van der Waals surface area contributed by atoms with E-state index < -0.39 is 5.76 Å². The fraction of sp³-hybridized carbons (Fsp3) is 0.273. The Hall–Kier alpha value is -3.70. The number of benzene rings is 1. The summed E-state index contributed by atoms with van der Waals surface area (Å²) in [4.78, 5) is 43.2. The first kappa shape index (κ1) is 22.5. The van der Waals surface area contributed by atoms with Gasteiger partial charge in [0.1, 0.15) is 5.76 Å². The fourth-order valence-electron chi connectivity index (χ4n) is 3.25. The molecule has 0 saturated carbocycles. The molecule has 172 valence electrons. The Kier molecular flexibility index (Phi) is 6.43. The van der Waals surface area contributed by atoms with Crippen molar-refractivity contribution in [1.82, 2.24) is 14.5 Å². The third kappa shape index (κ3) is 5.21. The maximum absolute atomic E-state index is 12.5. The van der Waals surface area contributed by atoms with E-state index in [1.165, 1.54) is 17.6 Å². The summed E-state index contributed by atoms with van der Waals surface area (Å²) in [6, 6.07) is 6.64. The summed E-state index contributed by atoms with van der Waals surface area (Å²) in [6.45, 7) is 2.85. The maximum atomic E-state index is 12.5. The number of carbonyl (C=O) groups is 2. The van der Waals surface area contributed by atoms with Crippen molar-refractivity contribution in [1.29, 1.82) is 0 Å². The van der Waals surface area contributed by atoms with Crippen LogP contribution in [-0.4, -0.2) is 46.9 Å². The largest absolute Gasteiger partial charge is 0.469 e. The Bertz CT molecular complexity index is 1360. The van der Waals surface area contributed by atoms with Gasteiger partial charge in [-0.1, -0.05) is 0 Å². The quantitative estimate of drug-likeness (QED) is 0.407. The van der Waals surface area contributed by atoms with Gasteiger partial charge in [0.15, 0.2) is 10.7 Å². The minimum atomic E-state index is -0.432. The number of likely N-dealkylation sites (N-methyl/N-ethyl adjacent to an activating group) is 1. The molecule has 0 bridgehead atoms. The number of nitrogens with zero attached hydrogens (tertiary/aromatic N) is 3. The van der Waals surface area contributed by atoms with Crippen molar-refractivity contribution in [3.8, 4) is 0 Å². The van der Waals surface area contributed by atoms with Gasteiger partial charge in [0.05, 0.1) is 29.5 Å². The number of rotatable bonds is 8. The van der Waals surface area contributed by atoms with Gasteiger partial charge in [0.25, 0.3) is 5.91 Å². The molecular weight excluding hydrogens is 446 g/mol. The summed E-state index contributed by atoms with van der Waals surface area (Å²) in [5.74, 6) is -0.502. The van der Waals surface area contributed by atoms with Crippen LogP contribution in [0.4, 0.5) is 10.8 Å². The van der Waals surface area contributed by atoms with Crippen LogP contribution in [0, 0.1) is 6.92 Å². The van der Waals surface area contributed by atoms with Crippen LogP contribution >= 0.6 is 11.3 Å². The molecular formula is C22H23N5O5S. The second-order valence-corrected chi connectivity index (χ2v) is 8.58. The summed E-state index contributed by atoms with van der Waals surface area (Å²) in [5, 5.41) is 7.64. The molecule has 2 N–H and O–H groups in total. The Balaban J connectivity index is 1.41. The summed E-state index contributed by atoms with van der Waals surface area (Å²) in [6.07, 6.45) is 1.48. The van der Waals surface area contributed by atoms with E-state index >= 15 is 0 Å². The number of anilines is 2. The standard InChI is InChI=1S/C22H23N5O5S/c1-13-16(6-9-31-13)20(29)25-21-24-15(12-33-21)11-19(28)23-14-4-5-18-17(10-14)27(22(30)32-18)8-7-26(2)3/h4-6,9-10,12H,7-8,11H2,1-3H3,(H,23,28)(H,24,25,29). The van der Waals surface area contributed by atoms with Gasteiger partial charge in [-0.25, -0.2) is 9.78 Å². The van der Waals surface area contributed by atoms with E-state index in [4.69, 9.17) is 8.83 Å². The summed E-state index contributed by atoms with van der Waals surface area (Å²) >= 11 is 1.24. The highest BCUT2D eigenvalue weighted by Gasteiger charge is 2.15. The van der Waals surface area contributed by atoms with E-state index in [1.54, 1.807) is 41.1 Å². The molecule has 3 aromatic heterocycles. The molecule has 4 aromatic rings. The summed E-state index contributed by atoms with van der Waals surface area (Å²) in [7, 11) is 3.85. The van der Waals surface area contributed by atoms with Crippen molar-refractivity contribution in [2.24, 2.45) is 0 Å². The molecule has 3 heterocycles. The highest BCUT2D eigenvalue weighted by Crippen LogP contribution is 2.21. The number of carbonyl (C=O) groups excluding carboxylic acids is 2. The van der Waals surface area contributed by atoms with E-state index in [-0.39, 0.29) is 18.2 Å². The molecule has 0 aliphatic heterocycles. The van der Waals surface area contributed by atoms with Gasteiger partial charge in [-0.05, 0) is 45.3 Å². The third-order valence-electron chi connectivity index (χ3n) is 4.94. The maximum Gasteiger partial charge on any atom is 0.419 e. The van der Waals surface area contributed by atoms with Crippen LogP contribution in [0.5, 0.6) is 0 Å². The molecule has 0 aliphatic rings. The number of thiazole rings is 1. The topological polar surface area (TPSA) is 123 Å². The number of oxazole rings is 1. The number of aryl methyl sites for hydroxylation is 1. The summed E-state index contributed by atoms with van der Waals surface area (Å²) in [5.41, 5.74) is 2.59. The van der Waals surface area contributed by atoms with E-state index in [9.17, 15) is 14.4 Å². The van der Waals surface area contributed by atoms with E-state index in [0.29, 0.717) is 52.0 Å². The highest BCUT2D eigenvalue weighted by molar-refractivity contribution is 7.14. The molecule has 0 unspecified atom stereocenters. The zero-order chi connectivity index (χ0) is 23.5. The molecule has 10 nitrogen and oxygen atoms in total. The van der Waals surface area contributed by atoms with Crippen LogP contribution in [0.1, 0.15) is 21.8 Å². The lowest BCUT2D eigenvalue weighted by atomic mass is 10.2. The Morgan fingerprint density at radius 1 is 1.21 bits per heavy atom. The molecule has 4 rings (SSSR count). The molecule has 0 spiro atoms. The Morgan fingerprint density at radius 3 is 2.76 bits per heavy atom. The Morgan fingerprint density at radius 2 is 2.03 bits per heavy atom. The molecule has 0 saturated heterocycles. The predicted molar refractivity (Wildman–Crippen MR) is 125 cm³/mol. The zero-order valence-corrected chi connectivity index (χ0v) is 19.2. The monoisotopic (exact) mass is 469 g/mol. The molecule has 33 heavy (non-hydrogen) atoms. The van der Waals surface area contributed by atoms with E-state index in [2.05, 4.69) is 15.6 Å². The smallest absolute Gasteiger partial charge is 0.419 e. The van der Waals surface area contributed by atoms with Gasteiger partial charge >= 0.3 is 5.76 Å². The molecule has 0 atom stereocenters. The number of nitrogens with one attached hydrogen (secondary N) is 2. The number of aromatic nitrogens is 2. The van der Waals surface area contributed by atoms with Gasteiger partial charge in [-0.2, -0.15) is 0 Å². The summed E-state index contributed by atoms with van der Waals surface area (Å²) < 4.78 is 12.0. The van der Waals surface area contributed by atoms with Crippen molar-refractivity contribution in [2.45, 2.75) is 19.9 Å².